The van der Waals surface area contributed by atoms with Crippen LogP contribution in [0.3, 0.4) is 0 Å². The number of aromatic nitrogens is 3. The second kappa shape index (κ2) is 5.27. The molecule has 1 aromatic heterocycles. The Morgan fingerprint density at radius 3 is 2.53 bits per heavy atom. The molecule has 0 fully saturated rings. The predicted molar refractivity (Wildman–Crippen MR) is 81.7 cm³/mol. The minimum Gasteiger partial charge on any atom is -0.298 e. The number of halogens is 2. The molecule has 0 spiro atoms. The molecule has 0 atom stereocenters. The second-order valence-electron chi connectivity index (χ2n) is 5.38. The number of nitrogens with one attached hydrogen (secondary N) is 1. The Morgan fingerprint density at radius 2 is 1.95 bits per heavy atom. The SMILES string of the molecule is CC(C)(C)n1c(Cc2ccc(Cl)c(Cl)c2)n[nH]c1=S. The van der Waals surface area contributed by atoms with E-state index in [2.05, 4.69) is 31.0 Å². The highest BCUT2D eigenvalue weighted by Crippen LogP contribution is 2.24. The van der Waals surface area contributed by atoms with E-state index in [1.165, 1.54) is 0 Å². The first-order valence-electron chi connectivity index (χ1n) is 5.90. The maximum Gasteiger partial charge on any atom is 0.195 e. The summed E-state index contributed by atoms with van der Waals surface area (Å²) in [6.07, 6.45) is 0.654. The summed E-state index contributed by atoms with van der Waals surface area (Å²) in [7, 11) is 0. The van der Waals surface area contributed by atoms with Crippen LogP contribution in [0.25, 0.3) is 0 Å². The Kier molecular flexibility index (Phi) is 4.04. The van der Waals surface area contributed by atoms with Gasteiger partial charge in [-0.3, -0.25) is 9.67 Å². The lowest BCUT2D eigenvalue weighted by molar-refractivity contribution is 0.380. The number of nitrogens with zero attached hydrogens (tertiary/aromatic N) is 2. The van der Waals surface area contributed by atoms with Crippen molar-refractivity contribution in [1.82, 2.24) is 14.8 Å². The van der Waals surface area contributed by atoms with Crippen LogP contribution >= 0.6 is 35.4 Å². The lowest BCUT2D eigenvalue weighted by atomic mass is 10.1. The van der Waals surface area contributed by atoms with E-state index >= 15 is 0 Å². The molecule has 102 valence electrons. The quantitative estimate of drug-likeness (QED) is 0.822. The minimum absolute atomic E-state index is 0.115. The van der Waals surface area contributed by atoms with E-state index in [9.17, 15) is 0 Å². The van der Waals surface area contributed by atoms with Gasteiger partial charge in [0.05, 0.1) is 10.0 Å². The highest BCUT2D eigenvalue weighted by Gasteiger charge is 2.19. The molecule has 0 amide bonds. The third-order valence-corrected chi connectivity index (χ3v) is 3.77. The van der Waals surface area contributed by atoms with E-state index in [0.29, 0.717) is 21.2 Å². The van der Waals surface area contributed by atoms with Crippen molar-refractivity contribution in [3.05, 3.63) is 44.4 Å². The van der Waals surface area contributed by atoms with Crippen LogP contribution in [0, 0.1) is 4.77 Å². The third kappa shape index (κ3) is 3.19. The first kappa shape index (κ1) is 14.6. The van der Waals surface area contributed by atoms with Gasteiger partial charge in [-0.05, 0) is 50.7 Å². The molecule has 0 unspecified atom stereocenters. The lowest BCUT2D eigenvalue weighted by Gasteiger charge is -2.22. The summed E-state index contributed by atoms with van der Waals surface area (Å²) < 4.78 is 2.65. The summed E-state index contributed by atoms with van der Waals surface area (Å²) in [6, 6.07) is 5.59. The normalized spacial score (nSPS) is 11.8. The second-order valence-corrected chi connectivity index (χ2v) is 6.58. The number of H-pyrrole nitrogens is 1. The van der Waals surface area contributed by atoms with Crippen LogP contribution in [0.15, 0.2) is 18.2 Å². The molecular formula is C13H15Cl2N3S. The van der Waals surface area contributed by atoms with Gasteiger partial charge in [-0.15, -0.1) is 0 Å². The first-order valence-corrected chi connectivity index (χ1v) is 7.06. The molecule has 1 aromatic carbocycles. The van der Waals surface area contributed by atoms with Gasteiger partial charge in [-0.25, -0.2) is 0 Å². The van der Waals surface area contributed by atoms with E-state index in [-0.39, 0.29) is 5.54 Å². The third-order valence-electron chi connectivity index (χ3n) is 2.76. The van der Waals surface area contributed by atoms with Crippen molar-refractivity contribution in [3.63, 3.8) is 0 Å². The molecule has 0 saturated carbocycles. The number of aromatic amines is 1. The smallest absolute Gasteiger partial charge is 0.195 e. The van der Waals surface area contributed by atoms with E-state index < -0.39 is 0 Å². The summed E-state index contributed by atoms with van der Waals surface area (Å²) in [5.74, 6) is 0.885. The van der Waals surface area contributed by atoms with Gasteiger partial charge in [0.15, 0.2) is 4.77 Å². The largest absolute Gasteiger partial charge is 0.298 e. The molecule has 0 aliphatic heterocycles. The van der Waals surface area contributed by atoms with Crippen molar-refractivity contribution in [2.24, 2.45) is 0 Å². The molecule has 0 radical (unpaired) electrons. The first-order chi connectivity index (χ1) is 8.79. The van der Waals surface area contributed by atoms with Crippen LogP contribution < -0.4 is 0 Å². The molecule has 0 aliphatic rings. The fourth-order valence-electron chi connectivity index (χ4n) is 1.97. The van der Waals surface area contributed by atoms with Gasteiger partial charge in [0, 0.05) is 12.0 Å². The molecule has 6 heteroatoms. The van der Waals surface area contributed by atoms with Crippen LogP contribution in [-0.4, -0.2) is 14.8 Å². The topological polar surface area (TPSA) is 33.6 Å². The van der Waals surface area contributed by atoms with Gasteiger partial charge in [-0.2, -0.15) is 5.10 Å². The monoisotopic (exact) mass is 315 g/mol. The van der Waals surface area contributed by atoms with Gasteiger partial charge in [-0.1, -0.05) is 29.3 Å². The zero-order valence-corrected chi connectivity index (χ0v) is 13.3. The van der Waals surface area contributed by atoms with Crippen LogP contribution in [0.2, 0.25) is 10.0 Å². The molecule has 0 saturated heterocycles. The Labute approximate surface area is 127 Å². The standard InChI is InChI=1S/C13H15Cl2N3S/c1-13(2,3)18-11(16-17-12(18)19)7-8-4-5-9(14)10(15)6-8/h4-6H,7H2,1-3H3,(H,17,19). The van der Waals surface area contributed by atoms with E-state index in [1.807, 2.05) is 16.7 Å². The van der Waals surface area contributed by atoms with Gasteiger partial charge >= 0.3 is 0 Å². The van der Waals surface area contributed by atoms with E-state index in [1.54, 1.807) is 6.07 Å². The average Bonchev–Trinajstić information content (AvgIpc) is 2.64. The van der Waals surface area contributed by atoms with Crippen molar-refractivity contribution in [2.45, 2.75) is 32.7 Å². The Morgan fingerprint density at radius 1 is 1.26 bits per heavy atom. The highest BCUT2D eigenvalue weighted by molar-refractivity contribution is 7.71. The van der Waals surface area contributed by atoms with Gasteiger partial charge in [0.25, 0.3) is 0 Å². The zero-order valence-electron chi connectivity index (χ0n) is 11.0. The van der Waals surface area contributed by atoms with Gasteiger partial charge < -0.3 is 0 Å². The van der Waals surface area contributed by atoms with E-state index in [0.717, 1.165) is 11.4 Å². The molecule has 2 rings (SSSR count). The Hall–Kier alpha value is -0.840. The average molecular weight is 316 g/mol. The highest BCUT2D eigenvalue weighted by atomic mass is 35.5. The fourth-order valence-corrected chi connectivity index (χ4v) is 2.72. The van der Waals surface area contributed by atoms with Crippen molar-refractivity contribution >= 4 is 35.4 Å². The van der Waals surface area contributed by atoms with Gasteiger partial charge in [0.2, 0.25) is 0 Å². The lowest BCUT2D eigenvalue weighted by Crippen LogP contribution is -2.24. The molecule has 1 N–H and O–H groups in total. The number of benzene rings is 1. The molecule has 0 aliphatic carbocycles. The molecule has 19 heavy (non-hydrogen) atoms. The number of rotatable bonds is 2. The van der Waals surface area contributed by atoms with E-state index in [4.69, 9.17) is 35.4 Å². The zero-order chi connectivity index (χ0) is 14.2. The van der Waals surface area contributed by atoms with Crippen molar-refractivity contribution in [1.29, 1.82) is 0 Å². The molecule has 1 heterocycles. The van der Waals surface area contributed by atoms with Crippen LogP contribution in [0.5, 0.6) is 0 Å². The molecule has 2 aromatic rings. The summed E-state index contributed by atoms with van der Waals surface area (Å²) in [4.78, 5) is 0. The summed E-state index contributed by atoms with van der Waals surface area (Å²) in [5.41, 5.74) is 0.934. The Bertz CT molecular complexity index is 653. The Balaban J connectivity index is 2.39. The van der Waals surface area contributed by atoms with Gasteiger partial charge in [0.1, 0.15) is 5.82 Å². The molecular weight excluding hydrogens is 301 g/mol. The summed E-state index contributed by atoms with van der Waals surface area (Å²) in [5, 5.41) is 8.25. The van der Waals surface area contributed by atoms with Crippen molar-refractivity contribution in [2.75, 3.05) is 0 Å². The van der Waals surface area contributed by atoms with Crippen molar-refractivity contribution < 1.29 is 0 Å². The maximum atomic E-state index is 6.03. The van der Waals surface area contributed by atoms with Crippen molar-refractivity contribution in [3.8, 4) is 0 Å². The summed E-state index contributed by atoms with van der Waals surface area (Å²) in [6.45, 7) is 6.28. The molecule has 0 bridgehead atoms. The fraction of sp³-hybridized carbons (Fsp3) is 0.385. The van der Waals surface area contributed by atoms with Crippen LogP contribution in [0.1, 0.15) is 32.2 Å². The number of hydrogen-bond acceptors (Lipinski definition) is 2. The number of hydrogen-bond donors (Lipinski definition) is 1. The predicted octanol–water partition coefficient (Wildman–Crippen LogP) is 4.59. The van der Waals surface area contributed by atoms with Crippen LogP contribution in [0.4, 0.5) is 0 Å². The minimum atomic E-state index is -0.115. The maximum absolute atomic E-state index is 6.03. The van der Waals surface area contributed by atoms with Crippen LogP contribution in [-0.2, 0) is 12.0 Å². The molecule has 3 nitrogen and oxygen atoms in total. The summed E-state index contributed by atoms with van der Waals surface area (Å²) >= 11 is 17.2.